The molecule has 1 aromatic rings. The van der Waals surface area contributed by atoms with Crippen LogP contribution in [-0.4, -0.2) is 6.61 Å². The van der Waals surface area contributed by atoms with Crippen LogP contribution in [0.4, 0.5) is 0 Å². The Hall–Kier alpha value is -1.49. The van der Waals surface area contributed by atoms with Gasteiger partial charge in [0.2, 0.25) is 0 Å². The smallest absolute Gasteiger partial charge is 0.119 e. The predicted molar refractivity (Wildman–Crippen MR) is 70.0 cm³/mol. The van der Waals surface area contributed by atoms with E-state index in [2.05, 4.69) is 13.0 Å². The number of ether oxygens (including phenoxy) is 1. The lowest BCUT2D eigenvalue weighted by molar-refractivity contribution is 0.304. The van der Waals surface area contributed by atoms with E-state index in [0.717, 1.165) is 24.3 Å². The average Bonchev–Trinajstić information content (AvgIpc) is 2.36. The maximum absolute atomic E-state index is 8.55. The van der Waals surface area contributed by atoms with E-state index in [-0.39, 0.29) is 0 Å². The van der Waals surface area contributed by atoms with Gasteiger partial charge in [0.1, 0.15) is 5.75 Å². The largest absolute Gasteiger partial charge is 0.494 e. The normalized spacial score (nSPS) is 9.88. The van der Waals surface area contributed by atoms with Crippen LogP contribution in [-0.2, 0) is 6.42 Å². The molecular formula is C15H21NO. The Kier molecular flexibility index (Phi) is 6.90. The van der Waals surface area contributed by atoms with Crippen molar-refractivity contribution in [2.75, 3.05) is 6.61 Å². The summed E-state index contributed by atoms with van der Waals surface area (Å²) in [4.78, 5) is 0. The maximum Gasteiger partial charge on any atom is 0.119 e. The highest BCUT2D eigenvalue weighted by atomic mass is 16.5. The molecule has 1 rings (SSSR count). The van der Waals surface area contributed by atoms with Crippen molar-refractivity contribution in [2.24, 2.45) is 0 Å². The van der Waals surface area contributed by atoms with Gasteiger partial charge in [-0.25, -0.2) is 0 Å². The van der Waals surface area contributed by atoms with Gasteiger partial charge in [-0.2, -0.15) is 5.26 Å². The van der Waals surface area contributed by atoms with Gasteiger partial charge < -0.3 is 4.74 Å². The molecule has 0 aliphatic heterocycles. The molecule has 0 aromatic heterocycles. The Balaban J connectivity index is 2.17. The molecule has 0 saturated heterocycles. The number of nitrogens with zero attached hydrogens (tertiary/aromatic N) is 1. The van der Waals surface area contributed by atoms with Crippen LogP contribution < -0.4 is 4.74 Å². The monoisotopic (exact) mass is 231 g/mol. The summed E-state index contributed by atoms with van der Waals surface area (Å²) >= 11 is 0. The molecule has 2 nitrogen and oxygen atoms in total. The van der Waals surface area contributed by atoms with Crippen molar-refractivity contribution < 1.29 is 4.74 Å². The van der Waals surface area contributed by atoms with Crippen LogP contribution >= 0.6 is 0 Å². The first kappa shape index (κ1) is 13.6. The van der Waals surface area contributed by atoms with E-state index >= 15 is 0 Å². The minimum atomic E-state index is 0.470. The van der Waals surface area contributed by atoms with E-state index in [1.54, 1.807) is 0 Å². The summed E-state index contributed by atoms with van der Waals surface area (Å²) in [6, 6.07) is 9.93. The van der Waals surface area contributed by atoms with Crippen molar-refractivity contribution >= 4 is 0 Å². The minimum absolute atomic E-state index is 0.470. The Labute approximate surface area is 104 Å². The van der Waals surface area contributed by atoms with Gasteiger partial charge in [0.15, 0.2) is 0 Å². The number of benzene rings is 1. The van der Waals surface area contributed by atoms with E-state index in [1.165, 1.54) is 25.7 Å². The molecule has 0 amide bonds. The van der Waals surface area contributed by atoms with E-state index in [1.807, 2.05) is 24.3 Å². The molecule has 2 heteroatoms. The van der Waals surface area contributed by atoms with E-state index in [0.29, 0.717) is 6.42 Å². The lowest BCUT2D eigenvalue weighted by Gasteiger charge is -2.06. The van der Waals surface area contributed by atoms with Crippen LogP contribution in [0.25, 0.3) is 0 Å². The zero-order valence-electron chi connectivity index (χ0n) is 10.6. The second-order valence-electron chi connectivity index (χ2n) is 4.24. The molecular weight excluding hydrogens is 210 g/mol. The van der Waals surface area contributed by atoms with Crippen LogP contribution in [0, 0.1) is 11.3 Å². The second-order valence-corrected chi connectivity index (χ2v) is 4.24. The third kappa shape index (κ3) is 5.97. The molecule has 17 heavy (non-hydrogen) atoms. The van der Waals surface area contributed by atoms with Crippen molar-refractivity contribution in [1.29, 1.82) is 5.26 Å². The fraction of sp³-hybridized carbons (Fsp3) is 0.533. The number of hydrogen-bond donors (Lipinski definition) is 0. The van der Waals surface area contributed by atoms with Gasteiger partial charge in [0, 0.05) is 0 Å². The van der Waals surface area contributed by atoms with Crippen LogP contribution in [0.15, 0.2) is 24.3 Å². The van der Waals surface area contributed by atoms with Crippen molar-refractivity contribution in [1.82, 2.24) is 0 Å². The first-order valence-electron chi connectivity index (χ1n) is 6.45. The topological polar surface area (TPSA) is 33.0 Å². The Morgan fingerprint density at radius 2 is 1.76 bits per heavy atom. The fourth-order valence-corrected chi connectivity index (χ4v) is 1.69. The SMILES string of the molecule is CCCCCCCOc1ccc(CC#N)cc1. The summed E-state index contributed by atoms with van der Waals surface area (Å²) in [5.74, 6) is 0.905. The van der Waals surface area contributed by atoms with Gasteiger partial charge in [0.25, 0.3) is 0 Å². The van der Waals surface area contributed by atoms with Crippen molar-refractivity contribution in [3.8, 4) is 11.8 Å². The highest BCUT2D eigenvalue weighted by molar-refractivity contribution is 5.28. The summed E-state index contributed by atoms with van der Waals surface area (Å²) in [7, 11) is 0. The van der Waals surface area contributed by atoms with Crippen molar-refractivity contribution in [3.63, 3.8) is 0 Å². The van der Waals surface area contributed by atoms with Gasteiger partial charge in [0.05, 0.1) is 19.1 Å². The molecule has 0 saturated carbocycles. The fourth-order valence-electron chi connectivity index (χ4n) is 1.69. The lowest BCUT2D eigenvalue weighted by Crippen LogP contribution is -1.97. The number of nitriles is 1. The molecule has 0 aliphatic rings. The lowest BCUT2D eigenvalue weighted by atomic mass is 10.1. The Morgan fingerprint density at radius 1 is 1.06 bits per heavy atom. The molecule has 0 radical (unpaired) electrons. The molecule has 0 fully saturated rings. The summed E-state index contributed by atoms with van der Waals surface area (Å²) < 4.78 is 5.64. The molecule has 0 unspecified atom stereocenters. The maximum atomic E-state index is 8.55. The van der Waals surface area contributed by atoms with Gasteiger partial charge in [-0.15, -0.1) is 0 Å². The first-order chi connectivity index (χ1) is 8.36. The second kappa shape index (κ2) is 8.64. The van der Waals surface area contributed by atoms with Gasteiger partial charge >= 0.3 is 0 Å². The number of hydrogen-bond acceptors (Lipinski definition) is 2. The summed E-state index contributed by atoms with van der Waals surface area (Å²) in [5, 5.41) is 8.55. The summed E-state index contributed by atoms with van der Waals surface area (Å²) in [6.07, 6.45) is 6.75. The third-order valence-corrected chi connectivity index (χ3v) is 2.72. The zero-order valence-corrected chi connectivity index (χ0v) is 10.6. The number of unbranched alkanes of at least 4 members (excludes halogenated alkanes) is 4. The van der Waals surface area contributed by atoms with Gasteiger partial charge in [-0.05, 0) is 24.1 Å². The zero-order chi connectivity index (χ0) is 12.3. The van der Waals surface area contributed by atoms with Crippen molar-refractivity contribution in [2.45, 2.75) is 45.4 Å². The van der Waals surface area contributed by atoms with Gasteiger partial charge in [-0.3, -0.25) is 0 Å². The summed E-state index contributed by atoms with van der Waals surface area (Å²) in [6.45, 7) is 3.01. The van der Waals surface area contributed by atoms with Crippen molar-refractivity contribution in [3.05, 3.63) is 29.8 Å². The quantitative estimate of drug-likeness (QED) is 0.631. The molecule has 0 heterocycles. The Morgan fingerprint density at radius 3 is 2.41 bits per heavy atom. The highest BCUT2D eigenvalue weighted by Gasteiger charge is 1.95. The van der Waals surface area contributed by atoms with E-state index in [9.17, 15) is 0 Å². The van der Waals surface area contributed by atoms with Crippen LogP contribution in [0.3, 0.4) is 0 Å². The predicted octanol–water partition coefficient (Wildman–Crippen LogP) is 4.10. The minimum Gasteiger partial charge on any atom is -0.494 e. The third-order valence-electron chi connectivity index (χ3n) is 2.72. The highest BCUT2D eigenvalue weighted by Crippen LogP contribution is 2.13. The van der Waals surface area contributed by atoms with Crippen LogP contribution in [0.2, 0.25) is 0 Å². The van der Waals surface area contributed by atoms with E-state index in [4.69, 9.17) is 10.00 Å². The van der Waals surface area contributed by atoms with Crippen LogP contribution in [0.1, 0.15) is 44.6 Å². The summed E-state index contributed by atoms with van der Waals surface area (Å²) in [5.41, 5.74) is 1.04. The molecule has 0 aliphatic carbocycles. The standard InChI is InChI=1S/C15H21NO/c1-2-3-4-5-6-13-17-15-9-7-14(8-10-15)11-12-16/h7-10H,2-6,11,13H2,1H3. The molecule has 0 bridgehead atoms. The molecule has 92 valence electrons. The van der Waals surface area contributed by atoms with Crippen LogP contribution in [0.5, 0.6) is 5.75 Å². The number of rotatable bonds is 8. The van der Waals surface area contributed by atoms with E-state index < -0.39 is 0 Å². The molecule has 0 N–H and O–H groups in total. The Bertz CT molecular complexity index is 337. The molecule has 0 spiro atoms. The molecule has 1 aromatic carbocycles. The molecule has 0 atom stereocenters. The first-order valence-corrected chi connectivity index (χ1v) is 6.45. The average molecular weight is 231 g/mol. The van der Waals surface area contributed by atoms with Gasteiger partial charge in [-0.1, -0.05) is 44.7 Å².